The molecule has 0 aromatic carbocycles. The molecule has 4 N–H and O–H groups in total. The number of rotatable bonds is 7. The standard InChI is InChI=1S/C11H21N3O2S/c1-3-4-5-9(2)14-17(15,16)11-6-10(7-12)13-8-11/h6,8-9,13-14H,3-5,7,12H2,1-2H3. The Morgan fingerprint density at radius 3 is 2.76 bits per heavy atom. The molecule has 1 rings (SSSR count). The molecule has 0 saturated heterocycles. The van der Waals surface area contributed by atoms with Gasteiger partial charge in [-0.3, -0.25) is 0 Å². The zero-order chi connectivity index (χ0) is 12.9. The van der Waals surface area contributed by atoms with E-state index in [-0.39, 0.29) is 10.9 Å². The fraction of sp³-hybridized carbons (Fsp3) is 0.636. The van der Waals surface area contributed by atoms with Crippen molar-refractivity contribution >= 4 is 10.0 Å². The van der Waals surface area contributed by atoms with Gasteiger partial charge in [0.05, 0.1) is 4.90 Å². The van der Waals surface area contributed by atoms with E-state index in [1.165, 1.54) is 6.20 Å². The zero-order valence-electron chi connectivity index (χ0n) is 10.4. The molecule has 1 unspecified atom stereocenters. The van der Waals surface area contributed by atoms with Crippen LogP contribution in [-0.4, -0.2) is 19.4 Å². The average molecular weight is 259 g/mol. The second kappa shape index (κ2) is 6.18. The lowest BCUT2D eigenvalue weighted by Crippen LogP contribution is -2.32. The highest BCUT2D eigenvalue weighted by Crippen LogP contribution is 2.12. The molecule has 1 heterocycles. The van der Waals surface area contributed by atoms with Crippen molar-refractivity contribution in [1.29, 1.82) is 0 Å². The van der Waals surface area contributed by atoms with Gasteiger partial charge in [-0.1, -0.05) is 19.8 Å². The van der Waals surface area contributed by atoms with Crippen LogP contribution in [0, 0.1) is 0 Å². The van der Waals surface area contributed by atoms with Crippen LogP contribution < -0.4 is 10.5 Å². The minimum Gasteiger partial charge on any atom is -0.363 e. The van der Waals surface area contributed by atoms with E-state index in [1.807, 2.05) is 6.92 Å². The van der Waals surface area contributed by atoms with E-state index < -0.39 is 10.0 Å². The van der Waals surface area contributed by atoms with Gasteiger partial charge in [-0.25, -0.2) is 13.1 Å². The first kappa shape index (κ1) is 14.2. The van der Waals surface area contributed by atoms with Gasteiger partial charge in [0.15, 0.2) is 0 Å². The number of hydrogen-bond acceptors (Lipinski definition) is 3. The first-order valence-electron chi connectivity index (χ1n) is 5.89. The van der Waals surface area contributed by atoms with E-state index in [0.29, 0.717) is 12.2 Å². The van der Waals surface area contributed by atoms with Crippen molar-refractivity contribution in [3.63, 3.8) is 0 Å². The van der Waals surface area contributed by atoms with Crippen molar-refractivity contribution in [3.8, 4) is 0 Å². The number of aromatic nitrogens is 1. The van der Waals surface area contributed by atoms with E-state index in [0.717, 1.165) is 19.3 Å². The molecule has 6 heteroatoms. The van der Waals surface area contributed by atoms with Crippen molar-refractivity contribution in [2.45, 2.75) is 50.6 Å². The van der Waals surface area contributed by atoms with Gasteiger partial charge in [0.2, 0.25) is 10.0 Å². The van der Waals surface area contributed by atoms with Crippen LogP contribution >= 0.6 is 0 Å². The van der Waals surface area contributed by atoms with E-state index >= 15 is 0 Å². The summed E-state index contributed by atoms with van der Waals surface area (Å²) in [6.07, 6.45) is 4.40. The minimum absolute atomic E-state index is 0.0452. The molecule has 0 radical (unpaired) electrons. The Balaban J connectivity index is 2.68. The summed E-state index contributed by atoms with van der Waals surface area (Å²) >= 11 is 0. The number of aromatic amines is 1. The van der Waals surface area contributed by atoms with Gasteiger partial charge in [-0.2, -0.15) is 0 Å². The molecule has 0 spiro atoms. The van der Waals surface area contributed by atoms with Gasteiger partial charge in [0.1, 0.15) is 0 Å². The first-order chi connectivity index (χ1) is 7.99. The van der Waals surface area contributed by atoms with Crippen molar-refractivity contribution < 1.29 is 8.42 Å². The molecule has 98 valence electrons. The number of hydrogen-bond donors (Lipinski definition) is 3. The normalized spacial score (nSPS) is 13.8. The predicted molar refractivity (Wildman–Crippen MR) is 68.0 cm³/mol. The molecule has 0 aliphatic rings. The summed E-state index contributed by atoms with van der Waals surface area (Å²) in [5, 5.41) is 0. The molecule has 1 aromatic rings. The van der Waals surface area contributed by atoms with Crippen molar-refractivity contribution in [3.05, 3.63) is 18.0 Å². The summed E-state index contributed by atoms with van der Waals surface area (Å²) in [4.78, 5) is 3.08. The highest BCUT2D eigenvalue weighted by atomic mass is 32.2. The minimum atomic E-state index is -3.42. The maximum Gasteiger partial charge on any atom is 0.242 e. The smallest absolute Gasteiger partial charge is 0.242 e. The average Bonchev–Trinajstić information content (AvgIpc) is 2.75. The molecule has 0 amide bonds. The highest BCUT2D eigenvalue weighted by Gasteiger charge is 2.18. The fourth-order valence-corrected chi connectivity index (χ4v) is 2.89. The van der Waals surface area contributed by atoms with Crippen LogP contribution in [0.1, 0.15) is 38.8 Å². The van der Waals surface area contributed by atoms with Crippen molar-refractivity contribution in [2.75, 3.05) is 0 Å². The Hall–Kier alpha value is -0.850. The molecule has 0 bridgehead atoms. The molecule has 5 nitrogen and oxygen atoms in total. The van der Waals surface area contributed by atoms with Crippen molar-refractivity contribution in [2.24, 2.45) is 5.73 Å². The molecular weight excluding hydrogens is 238 g/mol. The van der Waals surface area contributed by atoms with Crippen LogP contribution in [0.2, 0.25) is 0 Å². The second-order valence-electron chi connectivity index (χ2n) is 4.23. The summed E-state index contributed by atoms with van der Waals surface area (Å²) in [5.41, 5.74) is 6.14. The van der Waals surface area contributed by atoms with Crippen LogP contribution in [0.4, 0.5) is 0 Å². The van der Waals surface area contributed by atoms with Gasteiger partial charge >= 0.3 is 0 Å². The van der Waals surface area contributed by atoms with Gasteiger partial charge in [0.25, 0.3) is 0 Å². The summed E-state index contributed by atoms with van der Waals surface area (Å²) in [7, 11) is -3.42. The Kier molecular flexibility index (Phi) is 5.17. The largest absolute Gasteiger partial charge is 0.363 e. The Bertz CT molecular complexity index is 439. The molecule has 1 aromatic heterocycles. The third kappa shape index (κ3) is 4.14. The Labute approximate surface area is 103 Å². The molecule has 17 heavy (non-hydrogen) atoms. The SMILES string of the molecule is CCCCC(C)NS(=O)(=O)c1c[nH]c(CN)c1. The third-order valence-corrected chi connectivity index (χ3v) is 4.16. The van der Waals surface area contributed by atoms with Gasteiger partial charge in [-0.15, -0.1) is 0 Å². The van der Waals surface area contributed by atoms with Crippen molar-refractivity contribution in [1.82, 2.24) is 9.71 Å². The first-order valence-corrected chi connectivity index (χ1v) is 7.37. The monoisotopic (exact) mass is 259 g/mol. The summed E-state index contributed by atoms with van der Waals surface area (Å²) in [5.74, 6) is 0. The highest BCUT2D eigenvalue weighted by molar-refractivity contribution is 7.89. The van der Waals surface area contributed by atoms with Crippen LogP contribution in [0.5, 0.6) is 0 Å². The zero-order valence-corrected chi connectivity index (χ0v) is 11.2. The number of sulfonamides is 1. The van der Waals surface area contributed by atoms with E-state index in [4.69, 9.17) is 5.73 Å². The van der Waals surface area contributed by atoms with E-state index in [2.05, 4.69) is 16.6 Å². The molecule has 1 atom stereocenters. The molecule has 0 aliphatic carbocycles. The third-order valence-electron chi connectivity index (χ3n) is 2.59. The van der Waals surface area contributed by atoms with Crippen LogP contribution in [0.25, 0.3) is 0 Å². The lowest BCUT2D eigenvalue weighted by atomic mass is 10.2. The maximum absolute atomic E-state index is 12.0. The predicted octanol–water partition coefficient (Wildman–Crippen LogP) is 1.33. The van der Waals surface area contributed by atoms with Gasteiger partial charge < -0.3 is 10.7 Å². The van der Waals surface area contributed by atoms with Crippen LogP contribution in [-0.2, 0) is 16.6 Å². The van der Waals surface area contributed by atoms with Gasteiger partial charge in [-0.05, 0) is 19.4 Å². The summed E-state index contributed by atoms with van der Waals surface area (Å²) < 4.78 is 26.6. The lowest BCUT2D eigenvalue weighted by molar-refractivity contribution is 0.534. The van der Waals surface area contributed by atoms with Crippen LogP contribution in [0.3, 0.4) is 0 Å². The van der Waals surface area contributed by atoms with Gasteiger partial charge in [0, 0.05) is 24.5 Å². The Morgan fingerprint density at radius 1 is 1.53 bits per heavy atom. The summed E-state index contributed by atoms with van der Waals surface area (Å²) in [6, 6.07) is 1.52. The molecule has 0 aliphatic heterocycles. The Morgan fingerprint density at radius 2 is 2.24 bits per heavy atom. The number of nitrogens with two attached hydrogens (primary N) is 1. The van der Waals surface area contributed by atoms with Crippen LogP contribution in [0.15, 0.2) is 17.2 Å². The fourth-order valence-electron chi connectivity index (χ4n) is 1.59. The quantitative estimate of drug-likeness (QED) is 0.690. The number of unbranched alkanes of at least 4 members (excludes halogenated alkanes) is 1. The molecule has 0 fully saturated rings. The summed E-state index contributed by atoms with van der Waals surface area (Å²) in [6.45, 7) is 4.27. The maximum atomic E-state index is 12.0. The van der Waals surface area contributed by atoms with E-state index in [9.17, 15) is 8.42 Å². The molecule has 0 saturated carbocycles. The lowest BCUT2D eigenvalue weighted by Gasteiger charge is -2.12. The second-order valence-corrected chi connectivity index (χ2v) is 5.94. The number of H-pyrrole nitrogens is 1. The molecular formula is C11H21N3O2S. The topological polar surface area (TPSA) is 88.0 Å². The number of nitrogens with one attached hydrogen (secondary N) is 2. The van der Waals surface area contributed by atoms with E-state index in [1.54, 1.807) is 6.07 Å².